The van der Waals surface area contributed by atoms with Gasteiger partial charge in [0.2, 0.25) is 0 Å². The van der Waals surface area contributed by atoms with Crippen LogP contribution in [0.15, 0.2) is 12.1 Å². The third-order valence-electron chi connectivity index (χ3n) is 1.70. The molecular weight excluding hydrogens is 263 g/mol. The summed E-state index contributed by atoms with van der Waals surface area (Å²) < 4.78 is 46.3. The molecule has 0 atom stereocenters. The Kier molecular flexibility index (Phi) is 2.97. The number of benzene rings is 1. The summed E-state index contributed by atoms with van der Waals surface area (Å²) in [4.78, 5) is 0. The minimum absolute atomic E-state index is 0.00637. The van der Waals surface area contributed by atoms with E-state index in [0.29, 0.717) is 12.1 Å². The lowest BCUT2D eigenvalue weighted by atomic mass is 10.3. The topological polar surface area (TPSA) is 37.8 Å². The Labute approximate surface area is 97.2 Å². The first kappa shape index (κ1) is 11.2. The fraction of sp³-hybridized carbons (Fsp3) is 0. The maximum absolute atomic E-state index is 13.2. The average molecular weight is 266 g/mol. The maximum Gasteiger partial charge on any atom is 0.187 e. The zero-order valence-electron chi connectivity index (χ0n) is 7.47. The Morgan fingerprint density at radius 3 is 2.25 bits per heavy atom. The van der Waals surface area contributed by atoms with Gasteiger partial charge in [-0.3, -0.25) is 0 Å². The first-order valence-corrected chi connectivity index (χ1v) is 5.08. The molecule has 8 heteroatoms. The van der Waals surface area contributed by atoms with Gasteiger partial charge in [-0.2, -0.15) is 8.75 Å². The van der Waals surface area contributed by atoms with Crippen molar-refractivity contribution >= 4 is 34.8 Å². The van der Waals surface area contributed by atoms with Gasteiger partial charge >= 0.3 is 0 Å². The molecule has 0 saturated carbocycles. The second kappa shape index (κ2) is 4.26. The van der Waals surface area contributed by atoms with Crippen molar-refractivity contribution in [2.45, 2.75) is 0 Å². The Hall–Kier alpha value is -1.34. The lowest BCUT2D eigenvalue weighted by Gasteiger charge is -2.05. The summed E-state index contributed by atoms with van der Waals surface area (Å²) in [5, 5.41) is 2.30. The minimum Gasteiger partial charge on any atom is -0.332 e. The molecule has 0 bridgehead atoms. The number of halogens is 4. The van der Waals surface area contributed by atoms with Crippen LogP contribution in [0.4, 0.5) is 24.7 Å². The van der Waals surface area contributed by atoms with E-state index >= 15 is 0 Å². The minimum atomic E-state index is -1.07. The standard InChI is InChI=1S/C8H3ClF3N3S/c9-7-8(15-16-14-7)13-6-4(11)1-3(10)2-5(6)12/h1-2H,(H,13,15). The molecule has 0 unspecified atom stereocenters. The lowest BCUT2D eigenvalue weighted by molar-refractivity contribution is 0.549. The van der Waals surface area contributed by atoms with Crippen molar-refractivity contribution in [2.24, 2.45) is 0 Å². The summed E-state index contributed by atoms with van der Waals surface area (Å²) in [5.41, 5.74) is -0.518. The predicted octanol–water partition coefficient (Wildman–Crippen LogP) is 3.35. The van der Waals surface area contributed by atoms with Gasteiger partial charge in [0.25, 0.3) is 0 Å². The summed E-state index contributed by atoms with van der Waals surface area (Å²) in [6.45, 7) is 0. The van der Waals surface area contributed by atoms with Crippen LogP contribution in [0.2, 0.25) is 5.15 Å². The zero-order valence-corrected chi connectivity index (χ0v) is 9.04. The molecule has 2 rings (SSSR count). The smallest absolute Gasteiger partial charge is 0.187 e. The van der Waals surface area contributed by atoms with E-state index < -0.39 is 23.1 Å². The molecule has 0 aliphatic rings. The van der Waals surface area contributed by atoms with Gasteiger partial charge in [-0.25, -0.2) is 13.2 Å². The number of nitrogens with zero attached hydrogens (tertiary/aromatic N) is 2. The first-order chi connectivity index (χ1) is 7.58. The molecule has 0 fully saturated rings. The third kappa shape index (κ3) is 2.10. The van der Waals surface area contributed by atoms with Crippen molar-refractivity contribution in [1.82, 2.24) is 8.75 Å². The Bertz CT molecular complexity index is 508. The van der Waals surface area contributed by atoms with Gasteiger partial charge < -0.3 is 5.32 Å². The highest BCUT2D eigenvalue weighted by atomic mass is 35.5. The highest BCUT2D eigenvalue weighted by Crippen LogP contribution is 2.27. The summed E-state index contributed by atoms with van der Waals surface area (Å²) in [7, 11) is 0. The maximum atomic E-state index is 13.2. The number of rotatable bonds is 2. The predicted molar refractivity (Wildman–Crippen MR) is 54.5 cm³/mol. The SMILES string of the molecule is Fc1cc(F)c(Nc2nsnc2Cl)c(F)c1. The van der Waals surface area contributed by atoms with Crippen molar-refractivity contribution in [3.8, 4) is 0 Å². The van der Waals surface area contributed by atoms with Crippen molar-refractivity contribution in [3.63, 3.8) is 0 Å². The monoisotopic (exact) mass is 265 g/mol. The van der Waals surface area contributed by atoms with Crippen LogP contribution in [-0.2, 0) is 0 Å². The lowest BCUT2D eigenvalue weighted by Crippen LogP contribution is -1.99. The molecule has 1 heterocycles. The van der Waals surface area contributed by atoms with Crippen LogP contribution in [0.5, 0.6) is 0 Å². The molecule has 0 spiro atoms. The van der Waals surface area contributed by atoms with E-state index in [2.05, 4.69) is 14.1 Å². The molecule has 1 aromatic heterocycles. The molecule has 0 radical (unpaired) electrons. The van der Waals surface area contributed by atoms with Gasteiger partial charge in [0.15, 0.2) is 22.6 Å². The van der Waals surface area contributed by atoms with Crippen LogP contribution in [0.3, 0.4) is 0 Å². The average Bonchev–Trinajstić information content (AvgIpc) is 2.57. The number of nitrogens with one attached hydrogen (secondary N) is 1. The Morgan fingerprint density at radius 1 is 1.12 bits per heavy atom. The second-order valence-electron chi connectivity index (χ2n) is 2.77. The molecular formula is C8H3ClF3N3S. The van der Waals surface area contributed by atoms with Crippen molar-refractivity contribution in [1.29, 1.82) is 0 Å². The van der Waals surface area contributed by atoms with Crippen LogP contribution < -0.4 is 5.32 Å². The van der Waals surface area contributed by atoms with Crippen LogP contribution in [0.25, 0.3) is 0 Å². The molecule has 3 nitrogen and oxygen atoms in total. The summed E-state index contributed by atoms with van der Waals surface area (Å²) >= 11 is 6.37. The van der Waals surface area contributed by atoms with Gasteiger partial charge in [0.05, 0.1) is 11.7 Å². The molecule has 2 aromatic rings. The van der Waals surface area contributed by atoms with E-state index in [1.54, 1.807) is 0 Å². The molecule has 0 amide bonds. The fourth-order valence-corrected chi connectivity index (χ4v) is 1.68. The molecule has 0 aliphatic carbocycles. The molecule has 1 aromatic carbocycles. The molecule has 84 valence electrons. The highest BCUT2D eigenvalue weighted by molar-refractivity contribution is 6.99. The highest BCUT2D eigenvalue weighted by Gasteiger charge is 2.14. The largest absolute Gasteiger partial charge is 0.332 e. The summed E-state index contributed by atoms with van der Waals surface area (Å²) in [6, 6.07) is 1.11. The van der Waals surface area contributed by atoms with E-state index in [1.807, 2.05) is 0 Å². The summed E-state index contributed by atoms with van der Waals surface area (Å²) in [6.07, 6.45) is 0. The van der Waals surface area contributed by atoms with Gasteiger partial charge in [0, 0.05) is 12.1 Å². The van der Waals surface area contributed by atoms with Gasteiger partial charge in [-0.05, 0) is 0 Å². The van der Waals surface area contributed by atoms with Crippen LogP contribution in [0, 0.1) is 17.5 Å². The van der Waals surface area contributed by atoms with Crippen LogP contribution >= 0.6 is 23.3 Å². The number of anilines is 2. The Balaban J connectivity index is 2.39. The number of hydrogen-bond donors (Lipinski definition) is 1. The first-order valence-electron chi connectivity index (χ1n) is 3.97. The van der Waals surface area contributed by atoms with Crippen molar-refractivity contribution in [2.75, 3.05) is 5.32 Å². The second-order valence-corrected chi connectivity index (χ2v) is 3.66. The van der Waals surface area contributed by atoms with E-state index in [4.69, 9.17) is 11.6 Å². The summed E-state index contributed by atoms with van der Waals surface area (Å²) in [5.74, 6) is -3.11. The van der Waals surface area contributed by atoms with Crippen LogP contribution in [0.1, 0.15) is 0 Å². The normalized spacial score (nSPS) is 10.5. The Morgan fingerprint density at radius 2 is 1.75 bits per heavy atom. The van der Waals surface area contributed by atoms with Gasteiger partial charge in [-0.15, -0.1) is 0 Å². The zero-order chi connectivity index (χ0) is 11.7. The third-order valence-corrected chi connectivity index (χ3v) is 2.59. The quantitative estimate of drug-likeness (QED) is 0.905. The van der Waals surface area contributed by atoms with E-state index in [9.17, 15) is 13.2 Å². The van der Waals surface area contributed by atoms with E-state index in [0.717, 1.165) is 11.7 Å². The van der Waals surface area contributed by atoms with Gasteiger partial charge in [0.1, 0.15) is 11.5 Å². The van der Waals surface area contributed by atoms with Crippen LogP contribution in [-0.4, -0.2) is 8.75 Å². The molecule has 0 saturated heterocycles. The van der Waals surface area contributed by atoms with E-state index in [1.165, 1.54) is 0 Å². The van der Waals surface area contributed by atoms with E-state index in [-0.39, 0.29) is 11.0 Å². The molecule has 1 N–H and O–H groups in total. The van der Waals surface area contributed by atoms with Gasteiger partial charge in [-0.1, -0.05) is 11.6 Å². The number of hydrogen-bond acceptors (Lipinski definition) is 4. The fourth-order valence-electron chi connectivity index (χ4n) is 1.03. The van der Waals surface area contributed by atoms with Crippen molar-refractivity contribution < 1.29 is 13.2 Å². The molecule has 16 heavy (non-hydrogen) atoms. The molecule has 0 aliphatic heterocycles. The number of aromatic nitrogens is 2. The van der Waals surface area contributed by atoms with Crippen molar-refractivity contribution in [3.05, 3.63) is 34.7 Å².